The fraction of sp³-hybridized carbons (Fsp3) is 0.222. The van der Waals surface area contributed by atoms with Crippen molar-refractivity contribution in [2.45, 2.75) is 19.5 Å². The van der Waals surface area contributed by atoms with Crippen LogP contribution in [0.1, 0.15) is 11.4 Å². The number of ether oxygens (including phenoxy) is 2. The molecule has 0 saturated carbocycles. The first kappa shape index (κ1) is 19.3. The minimum atomic E-state index is -4.78. The zero-order valence-corrected chi connectivity index (χ0v) is 14.8. The molecule has 0 fully saturated rings. The van der Waals surface area contributed by atoms with Gasteiger partial charge in [-0.1, -0.05) is 12.1 Å². The van der Waals surface area contributed by atoms with E-state index in [0.717, 1.165) is 16.1 Å². The molecule has 3 aromatic rings. The van der Waals surface area contributed by atoms with Crippen molar-refractivity contribution in [3.05, 3.63) is 70.4 Å². The largest absolute Gasteiger partial charge is 0.573 e. The van der Waals surface area contributed by atoms with E-state index in [0.29, 0.717) is 11.4 Å². The first-order chi connectivity index (χ1) is 13.3. The monoisotopic (exact) mass is 394 g/mol. The lowest BCUT2D eigenvalue weighted by Crippen LogP contribution is -2.19. The highest BCUT2D eigenvalue weighted by Crippen LogP contribution is 2.23. The predicted octanol–water partition coefficient (Wildman–Crippen LogP) is 3.14. The maximum Gasteiger partial charge on any atom is 0.573 e. The fourth-order valence-corrected chi connectivity index (χ4v) is 2.50. The highest BCUT2D eigenvalue weighted by molar-refractivity contribution is 5.46. The van der Waals surface area contributed by atoms with Crippen LogP contribution in [0.5, 0.6) is 11.5 Å². The van der Waals surface area contributed by atoms with E-state index in [1.54, 1.807) is 25.3 Å². The Labute approximate surface area is 157 Å². The normalized spacial score (nSPS) is 11.3. The summed E-state index contributed by atoms with van der Waals surface area (Å²) in [5, 5.41) is 7.26. The van der Waals surface area contributed by atoms with Gasteiger partial charge in [0.25, 0.3) is 0 Å². The average molecular weight is 394 g/mol. The van der Waals surface area contributed by atoms with Gasteiger partial charge in [-0.3, -0.25) is 4.98 Å². The smallest absolute Gasteiger partial charge is 0.497 e. The van der Waals surface area contributed by atoms with Crippen molar-refractivity contribution >= 4 is 5.69 Å². The van der Waals surface area contributed by atoms with Gasteiger partial charge in [0, 0.05) is 5.69 Å². The molecule has 0 aliphatic carbocycles. The number of halogens is 3. The zero-order chi connectivity index (χ0) is 20.1. The van der Waals surface area contributed by atoms with Crippen molar-refractivity contribution in [1.82, 2.24) is 14.8 Å². The Bertz CT molecular complexity index is 981. The molecule has 148 valence electrons. The molecule has 0 atom stereocenters. The van der Waals surface area contributed by atoms with Crippen LogP contribution in [0.15, 0.2) is 53.3 Å². The van der Waals surface area contributed by atoms with Crippen molar-refractivity contribution < 1.29 is 22.6 Å². The second-order valence-corrected chi connectivity index (χ2v) is 5.81. The van der Waals surface area contributed by atoms with E-state index in [1.807, 2.05) is 12.1 Å². The summed E-state index contributed by atoms with van der Waals surface area (Å²) in [6.45, 7) is 0.277. The summed E-state index contributed by atoms with van der Waals surface area (Å²) < 4.78 is 47.1. The lowest BCUT2D eigenvalue weighted by molar-refractivity contribution is -0.274. The Morgan fingerprint density at radius 1 is 1.14 bits per heavy atom. The summed E-state index contributed by atoms with van der Waals surface area (Å²) in [6, 6.07) is 12.6. The maximum absolute atomic E-state index is 12.3. The molecule has 0 aliphatic heterocycles. The van der Waals surface area contributed by atoms with Crippen molar-refractivity contribution in [1.29, 1.82) is 0 Å². The molecular formula is C18H17F3N4O3. The highest BCUT2D eigenvalue weighted by Gasteiger charge is 2.31. The topological polar surface area (TPSA) is 81.2 Å². The van der Waals surface area contributed by atoms with Crippen LogP contribution in [0.2, 0.25) is 0 Å². The lowest BCUT2D eigenvalue weighted by Gasteiger charge is -2.09. The lowest BCUT2D eigenvalue weighted by atomic mass is 10.2. The molecule has 0 bridgehead atoms. The first-order valence-corrected chi connectivity index (χ1v) is 8.21. The Morgan fingerprint density at radius 2 is 1.89 bits per heavy atom. The number of anilines is 1. The van der Waals surface area contributed by atoms with Crippen LogP contribution >= 0.6 is 0 Å². The van der Waals surface area contributed by atoms with Gasteiger partial charge in [-0.2, -0.15) is 5.10 Å². The molecule has 1 aromatic heterocycles. The molecule has 2 N–H and O–H groups in total. The second kappa shape index (κ2) is 8.07. The van der Waals surface area contributed by atoms with E-state index < -0.39 is 12.1 Å². The van der Waals surface area contributed by atoms with E-state index in [9.17, 15) is 18.0 Å². The maximum atomic E-state index is 12.3. The highest BCUT2D eigenvalue weighted by atomic mass is 19.4. The predicted molar refractivity (Wildman–Crippen MR) is 95.4 cm³/mol. The summed E-state index contributed by atoms with van der Waals surface area (Å²) in [7, 11) is 1.57. The fourth-order valence-electron chi connectivity index (χ4n) is 2.50. The Kier molecular flexibility index (Phi) is 5.57. The van der Waals surface area contributed by atoms with Gasteiger partial charge in [0.05, 0.1) is 20.2 Å². The number of nitrogens with zero attached hydrogens (tertiary/aromatic N) is 2. The Balaban J connectivity index is 1.65. The van der Waals surface area contributed by atoms with Gasteiger partial charge in [-0.05, 0) is 42.0 Å². The van der Waals surface area contributed by atoms with Crippen LogP contribution in [0.25, 0.3) is 0 Å². The third-order valence-corrected chi connectivity index (χ3v) is 3.74. The molecule has 0 unspecified atom stereocenters. The molecule has 3 rings (SSSR count). The second-order valence-electron chi connectivity index (χ2n) is 5.81. The van der Waals surface area contributed by atoms with Crippen molar-refractivity contribution in [2.75, 3.05) is 12.4 Å². The van der Waals surface area contributed by atoms with E-state index in [2.05, 4.69) is 20.1 Å². The molecule has 1 heterocycles. The molecule has 2 aromatic carbocycles. The number of methoxy groups -OCH3 is 1. The van der Waals surface area contributed by atoms with Gasteiger partial charge in [-0.25, -0.2) is 9.48 Å². The minimum Gasteiger partial charge on any atom is -0.497 e. The van der Waals surface area contributed by atoms with E-state index in [-0.39, 0.29) is 18.8 Å². The van der Waals surface area contributed by atoms with Crippen LogP contribution in [-0.4, -0.2) is 28.2 Å². The number of aromatic nitrogens is 3. The van der Waals surface area contributed by atoms with Gasteiger partial charge in [0.1, 0.15) is 17.3 Å². The number of hydrogen-bond acceptors (Lipinski definition) is 5. The Hall–Kier alpha value is -3.43. The number of H-pyrrole nitrogens is 1. The molecule has 7 nitrogen and oxygen atoms in total. The Morgan fingerprint density at radius 3 is 2.57 bits per heavy atom. The molecule has 28 heavy (non-hydrogen) atoms. The van der Waals surface area contributed by atoms with Crippen LogP contribution in [0, 0.1) is 0 Å². The molecule has 0 spiro atoms. The van der Waals surface area contributed by atoms with Gasteiger partial charge in [0.15, 0.2) is 0 Å². The third-order valence-electron chi connectivity index (χ3n) is 3.74. The standard InChI is InChI=1S/C18H17F3N4O3/c1-27-14-7-5-13(6-8-14)22-10-16-23-17(26)25(24-16)11-12-3-2-4-15(9-12)28-18(19,20)21/h2-9,22H,10-11H2,1H3,(H,23,24,26). The summed E-state index contributed by atoms with van der Waals surface area (Å²) >= 11 is 0. The summed E-state index contributed by atoms with van der Waals surface area (Å²) in [4.78, 5) is 14.7. The van der Waals surface area contributed by atoms with Crippen molar-refractivity contribution in [3.8, 4) is 11.5 Å². The van der Waals surface area contributed by atoms with Crippen LogP contribution in [0.3, 0.4) is 0 Å². The van der Waals surface area contributed by atoms with Crippen molar-refractivity contribution in [3.63, 3.8) is 0 Å². The molecule has 0 aliphatic rings. The number of hydrogen-bond donors (Lipinski definition) is 2. The molecule has 0 saturated heterocycles. The molecule has 0 radical (unpaired) electrons. The number of aromatic amines is 1. The third kappa shape index (κ3) is 5.29. The summed E-state index contributed by atoms with van der Waals surface area (Å²) in [5.74, 6) is 0.762. The van der Waals surface area contributed by atoms with Gasteiger partial charge in [-0.15, -0.1) is 13.2 Å². The van der Waals surface area contributed by atoms with E-state index in [1.165, 1.54) is 18.2 Å². The first-order valence-electron chi connectivity index (χ1n) is 8.21. The quantitative estimate of drug-likeness (QED) is 0.644. The molecule has 10 heteroatoms. The molecular weight excluding hydrogens is 377 g/mol. The van der Waals surface area contributed by atoms with Crippen molar-refractivity contribution in [2.24, 2.45) is 0 Å². The number of nitrogens with one attached hydrogen (secondary N) is 2. The van der Waals surface area contributed by atoms with Gasteiger partial charge in [0.2, 0.25) is 0 Å². The van der Waals surface area contributed by atoms with E-state index in [4.69, 9.17) is 4.74 Å². The average Bonchev–Trinajstić information content (AvgIpc) is 2.99. The zero-order valence-electron chi connectivity index (χ0n) is 14.8. The minimum absolute atomic E-state index is 0.00687. The molecule has 0 amide bonds. The van der Waals surface area contributed by atoms with Crippen LogP contribution in [0.4, 0.5) is 18.9 Å². The number of alkyl halides is 3. The SMILES string of the molecule is COc1ccc(NCc2nn(Cc3cccc(OC(F)(F)F)c3)c(=O)[nH]2)cc1. The van der Waals surface area contributed by atoms with E-state index >= 15 is 0 Å². The van der Waals surface area contributed by atoms with Gasteiger partial charge >= 0.3 is 12.1 Å². The number of benzene rings is 2. The van der Waals surface area contributed by atoms with Crippen LogP contribution < -0.4 is 20.5 Å². The number of rotatable bonds is 7. The summed E-state index contributed by atoms with van der Waals surface area (Å²) in [5.41, 5.74) is 0.798. The van der Waals surface area contributed by atoms with Crippen LogP contribution in [-0.2, 0) is 13.1 Å². The summed E-state index contributed by atoms with van der Waals surface area (Å²) in [6.07, 6.45) is -4.78. The van der Waals surface area contributed by atoms with Gasteiger partial charge < -0.3 is 14.8 Å².